The van der Waals surface area contributed by atoms with Crippen molar-refractivity contribution >= 4 is 35.3 Å². The van der Waals surface area contributed by atoms with Crippen LogP contribution in [0.15, 0.2) is 0 Å². The Balaban J connectivity index is 3.44. The van der Waals surface area contributed by atoms with E-state index in [9.17, 15) is 0 Å². The van der Waals surface area contributed by atoms with E-state index in [0.29, 0.717) is 19.6 Å². The van der Waals surface area contributed by atoms with E-state index in [2.05, 4.69) is 9.67 Å². The molecule has 0 aromatic heterocycles. The molecule has 0 heterocycles. The van der Waals surface area contributed by atoms with Crippen LogP contribution < -0.4 is 9.67 Å². The summed E-state index contributed by atoms with van der Waals surface area (Å²) in [5.74, 6) is 0. The predicted octanol–water partition coefficient (Wildman–Crippen LogP) is 0.290. The van der Waals surface area contributed by atoms with Gasteiger partial charge in [-0.05, 0) is 35.3 Å². The highest BCUT2D eigenvalue weighted by Gasteiger charge is 2.09. The third kappa shape index (κ3) is 6.25. The molecular weight excluding hydrogens is 224 g/mol. The molecule has 0 aliphatic heterocycles. The monoisotopic (exact) mass is 235 g/mol. The molecule has 0 bridgehead atoms. The average molecular weight is 237 g/mol. The average Bonchev–Trinajstić information content (AvgIpc) is 2.10. The first-order valence-electron chi connectivity index (χ1n) is 3.45. The van der Waals surface area contributed by atoms with Crippen LogP contribution in [-0.2, 0) is 0 Å². The van der Waals surface area contributed by atoms with Gasteiger partial charge in [0.25, 0.3) is 0 Å². The molecule has 3 N–H and O–H groups in total. The SMILES string of the molecule is OCC(CN(Cl)CCNCl)NCl. The molecule has 1 atom stereocenters. The lowest BCUT2D eigenvalue weighted by Crippen LogP contribution is -2.37. The molecule has 0 aliphatic rings. The second-order valence-electron chi connectivity index (χ2n) is 2.24. The van der Waals surface area contributed by atoms with Crippen LogP contribution in [-0.4, -0.2) is 41.8 Å². The first-order valence-corrected chi connectivity index (χ1v) is 4.55. The zero-order chi connectivity index (χ0) is 9.40. The number of nitrogens with one attached hydrogen (secondary N) is 2. The maximum atomic E-state index is 8.73. The minimum atomic E-state index is -0.223. The fourth-order valence-corrected chi connectivity index (χ4v) is 1.09. The van der Waals surface area contributed by atoms with Crippen molar-refractivity contribution in [2.24, 2.45) is 0 Å². The smallest absolute Gasteiger partial charge is 0.0610 e. The Bertz CT molecular complexity index is 104. The van der Waals surface area contributed by atoms with Crippen LogP contribution in [0, 0.1) is 0 Å². The molecule has 0 aliphatic carbocycles. The lowest BCUT2D eigenvalue weighted by molar-refractivity contribution is 0.237. The highest BCUT2D eigenvalue weighted by atomic mass is 35.5. The Kier molecular flexibility index (Phi) is 8.81. The van der Waals surface area contributed by atoms with Crippen molar-refractivity contribution in [3.8, 4) is 0 Å². The second-order valence-corrected chi connectivity index (χ2v) is 3.20. The molecule has 7 heteroatoms. The maximum absolute atomic E-state index is 8.73. The molecule has 0 saturated heterocycles. The Morgan fingerprint density at radius 1 is 1.42 bits per heavy atom. The predicted molar refractivity (Wildman–Crippen MR) is 51.1 cm³/mol. The van der Waals surface area contributed by atoms with Crippen LogP contribution in [0.2, 0.25) is 0 Å². The Morgan fingerprint density at radius 3 is 2.50 bits per heavy atom. The molecule has 0 spiro atoms. The van der Waals surface area contributed by atoms with E-state index in [1.807, 2.05) is 0 Å². The fraction of sp³-hybridized carbons (Fsp3) is 1.00. The molecule has 12 heavy (non-hydrogen) atoms. The lowest BCUT2D eigenvalue weighted by atomic mass is 10.3. The number of halogens is 3. The summed E-state index contributed by atoms with van der Waals surface area (Å²) in [6, 6.07) is -0.223. The minimum absolute atomic E-state index is 0.0545. The zero-order valence-electron chi connectivity index (χ0n) is 6.43. The van der Waals surface area contributed by atoms with Crippen molar-refractivity contribution in [3.63, 3.8) is 0 Å². The summed E-state index contributed by atoms with van der Waals surface area (Å²) in [5, 5.41) is 8.73. The molecular formula is C5H12Cl3N3O. The van der Waals surface area contributed by atoms with Crippen molar-refractivity contribution in [3.05, 3.63) is 0 Å². The molecule has 74 valence electrons. The molecule has 0 amide bonds. The first-order chi connectivity index (χ1) is 5.74. The third-order valence-electron chi connectivity index (χ3n) is 1.24. The summed E-state index contributed by atoms with van der Waals surface area (Å²) in [6.45, 7) is 1.56. The number of hydrogen-bond donors (Lipinski definition) is 3. The van der Waals surface area contributed by atoms with Gasteiger partial charge in [0.2, 0.25) is 0 Å². The van der Waals surface area contributed by atoms with Gasteiger partial charge < -0.3 is 5.11 Å². The van der Waals surface area contributed by atoms with Crippen molar-refractivity contribution in [1.29, 1.82) is 0 Å². The van der Waals surface area contributed by atoms with Crippen LogP contribution in [0.25, 0.3) is 0 Å². The Hall–Kier alpha value is 0.710. The van der Waals surface area contributed by atoms with Crippen molar-refractivity contribution in [2.75, 3.05) is 26.2 Å². The maximum Gasteiger partial charge on any atom is 0.0610 e. The van der Waals surface area contributed by atoms with E-state index in [-0.39, 0.29) is 12.6 Å². The standard InChI is InChI=1S/C5H12Cl3N3O/c6-9-1-2-11(8)3-5(4-12)10-7/h5,9-10,12H,1-4H2. The van der Waals surface area contributed by atoms with Crippen LogP contribution in [0.5, 0.6) is 0 Å². The van der Waals surface area contributed by atoms with Crippen LogP contribution in [0.3, 0.4) is 0 Å². The van der Waals surface area contributed by atoms with Crippen molar-refractivity contribution in [1.82, 2.24) is 14.1 Å². The normalized spacial score (nSPS) is 13.8. The van der Waals surface area contributed by atoms with E-state index in [1.165, 1.54) is 4.42 Å². The van der Waals surface area contributed by atoms with Gasteiger partial charge in [-0.15, -0.1) is 0 Å². The van der Waals surface area contributed by atoms with Gasteiger partial charge >= 0.3 is 0 Å². The van der Waals surface area contributed by atoms with E-state index < -0.39 is 0 Å². The zero-order valence-corrected chi connectivity index (χ0v) is 8.70. The van der Waals surface area contributed by atoms with Gasteiger partial charge in [-0.1, -0.05) is 0 Å². The molecule has 0 rings (SSSR count). The van der Waals surface area contributed by atoms with Crippen LogP contribution in [0.4, 0.5) is 0 Å². The molecule has 4 nitrogen and oxygen atoms in total. The van der Waals surface area contributed by atoms with Gasteiger partial charge in [0.1, 0.15) is 0 Å². The van der Waals surface area contributed by atoms with Crippen LogP contribution >= 0.6 is 35.3 Å². The van der Waals surface area contributed by atoms with Crippen molar-refractivity contribution in [2.45, 2.75) is 6.04 Å². The van der Waals surface area contributed by atoms with Crippen molar-refractivity contribution < 1.29 is 5.11 Å². The van der Waals surface area contributed by atoms with Crippen LogP contribution in [0.1, 0.15) is 0 Å². The summed E-state index contributed by atoms with van der Waals surface area (Å²) < 4.78 is 1.49. The molecule has 0 saturated carbocycles. The highest BCUT2D eigenvalue weighted by Crippen LogP contribution is 1.96. The molecule has 0 aromatic carbocycles. The minimum Gasteiger partial charge on any atom is -0.395 e. The number of aliphatic hydroxyl groups excluding tert-OH is 1. The summed E-state index contributed by atoms with van der Waals surface area (Å²) in [6.07, 6.45) is 0. The number of aliphatic hydroxyl groups is 1. The quantitative estimate of drug-likeness (QED) is 0.556. The van der Waals surface area contributed by atoms with E-state index in [0.717, 1.165) is 0 Å². The van der Waals surface area contributed by atoms with Gasteiger partial charge in [0, 0.05) is 19.6 Å². The second kappa shape index (κ2) is 8.31. The van der Waals surface area contributed by atoms with Gasteiger partial charge in [-0.2, -0.15) is 0 Å². The molecule has 0 radical (unpaired) electrons. The first kappa shape index (κ1) is 12.7. The van der Waals surface area contributed by atoms with E-state index >= 15 is 0 Å². The van der Waals surface area contributed by atoms with Gasteiger partial charge in [0.05, 0.1) is 12.6 Å². The Morgan fingerprint density at radius 2 is 2.08 bits per heavy atom. The van der Waals surface area contributed by atoms with Gasteiger partial charge in [0.15, 0.2) is 0 Å². The van der Waals surface area contributed by atoms with E-state index in [4.69, 9.17) is 40.4 Å². The number of rotatable bonds is 7. The largest absolute Gasteiger partial charge is 0.395 e. The van der Waals surface area contributed by atoms with Gasteiger partial charge in [-0.3, -0.25) is 0 Å². The lowest BCUT2D eigenvalue weighted by Gasteiger charge is -2.18. The summed E-state index contributed by atoms with van der Waals surface area (Å²) in [7, 11) is 0. The van der Waals surface area contributed by atoms with E-state index in [1.54, 1.807) is 0 Å². The molecule has 1 unspecified atom stereocenters. The third-order valence-corrected chi connectivity index (χ3v) is 2.05. The summed E-state index contributed by atoms with van der Waals surface area (Å²) >= 11 is 16.3. The Labute approximate surface area is 87.1 Å². The fourth-order valence-electron chi connectivity index (χ4n) is 0.621. The molecule has 0 fully saturated rings. The topological polar surface area (TPSA) is 47.5 Å². The number of nitrogens with zero attached hydrogens (tertiary/aromatic N) is 1. The molecule has 0 aromatic rings. The van der Waals surface area contributed by atoms with Gasteiger partial charge in [-0.25, -0.2) is 14.1 Å². The summed E-state index contributed by atoms with van der Waals surface area (Å²) in [5.41, 5.74) is 0. The summed E-state index contributed by atoms with van der Waals surface area (Å²) in [4.78, 5) is 4.84. The highest BCUT2D eigenvalue weighted by molar-refractivity contribution is 6.14. The number of hydrogen-bond acceptors (Lipinski definition) is 4.